The second-order valence-electron chi connectivity index (χ2n) is 4.22. The molecular formula is C13H20FN3O2. The van der Waals surface area contributed by atoms with Crippen molar-refractivity contribution in [2.75, 3.05) is 44.4 Å². The molecule has 1 amide bonds. The molecule has 0 saturated carbocycles. The zero-order chi connectivity index (χ0) is 14.3. The number of nitrogens with one attached hydrogen (secondary N) is 1. The van der Waals surface area contributed by atoms with Gasteiger partial charge in [0.1, 0.15) is 5.82 Å². The molecular weight excluding hydrogens is 249 g/mol. The Morgan fingerprint density at radius 1 is 1.53 bits per heavy atom. The first-order chi connectivity index (χ1) is 9.02. The van der Waals surface area contributed by atoms with Gasteiger partial charge in [0.2, 0.25) is 5.91 Å². The van der Waals surface area contributed by atoms with Crippen molar-refractivity contribution in [3.05, 3.63) is 24.0 Å². The summed E-state index contributed by atoms with van der Waals surface area (Å²) in [4.78, 5) is 13.6. The van der Waals surface area contributed by atoms with E-state index in [1.807, 2.05) is 18.9 Å². The molecule has 0 unspecified atom stereocenters. The van der Waals surface area contributed by atoms with Crippen LogP contribution in [0.2, 0.25) is 0 Å². The van der Waals surface area contributed by atoms with Gasteiger partial charge in [0.15, 0.2) is 0 Å². The topological polar surface area (TPSA) is 67.6 Å². The number of rotatable bonds is 7. The Balaban J connectivity index is 2.39. The highest BCUT2D eigenvalue weighted by Gasteiger charge is 2.07. The van der Waals surface area contributed by atoms with Crippen LogP contribution in [-0.2, 0) is 9.53 Å². The lowest BCUT2D eigenvalue weighted by atomic mass is 10.2. The minimum Gasteiger partial charge on any atom is -0.396 e. The van der Waals surface area contributed by atoms with Gasteiger partial charge >= 0.3 is 0 Å². The highest BCUT2D eigenvalue weighted by atomic mass is 19.1. The zero-order valence-corrected chi connectivity index (χ0v) is 11.3. The third-order valence-corrected chi connectivity index (χ3v) is 2.51. The molecule has 0 aliphatic rings. The number of nitrogens with two attached hydrogens (primary N) is 1. The molecule has 1 rings (SSSR count). The van der Waals surface area contributed by atoms with Gasteiger partial charge in [-0.05, 0) is 32.2 Å². The van der Waals surface area contributed by atoms with E-state index in [0.717, 1.165) is 0 Å². The molecule has 0 aliphatic carbocycles. The molecule has 1 aromatic rings. The number of likely N-dealkylation sites (N-methyl/N-ethyl adjacent to an activating group) is 1. The fourth-order valence-corrected chi connectivity index (χ4v) is 1.51. The monoisotopic (exact) mass is 269 g/mol. The fraction of sp³-hybridized carbons (Fsp3) is 0.462. The van der Waals surface area contributed by atoms with E-state index >= 15 is 0 Å². The quantitative estimate of drug-likeness (QED) is 0.578. The maximum Gasteiger partial charge on any atom is 0.238 e. The number of nitrogens with zero attached hydrogens (tertiary/aromatic N) is 1. The maximum atomic E-state index is 13.0. The number of carbonyl (C=O) groups excluding carboxylic acids is 1. The number of benzene rings is 1. The molecule has 0 fully saturated rings. The third kappa shape index (κ3) is 5.67. The molecule has 0 atom stereocenters. The second-order valence-corrected chi connectivity index (χ2v) is 4.22. The number of carbonyl (C=O) groups is 1. The molecule has 6 heteroatoms. The minimum absolute atomic E-state index is 0.0162. The first kappa shape index (κ1) is 15.4. The van der Waals surface area contributed by atoms with Gasteiger partial charge < -0.3 is 15.8 Å². The van der Waals surface area contributed by atoms with E-state index < -0.39 is 5.82 Å². The number of nitrogen functional groups attached to an aromatic ring is 1. The number of amides is 1. The summed E-state index contributed by atoms with van der Waals surface area (Å²) in [5.74, 6) is -0.670. The van der Waals surface area contributed by atoms with Crippen LogP contribution < -0.4 is 11.1 Å². The Morgan fingerprint density at radius 3 is 2.89 bits per heavy atom. The predicted octanol–water partition coefficient (Wildman–Crippen LogP) is 1.31. The van der Waals surface area contributed by atoms with Crippen molar-refractivity contribution < 1.29 is 13.9 Å². The SMILES string of the molecule is CCOCCN(C)CC(=O)Nc1ccc(F)c(N)c1. The summed E-state index contributed by atoms with van der Waals surface area (Å²) >= 11 is 0. The van der Waals surface area contributed by atoms with Crippen molar-refractivity contribution in [3.8, 4) is 0 Å². The van der Waals surface area contributed by atoms with Gasteiger partial charge in [-0.3, -0.25) is 9.69 Å². The molecule has 106 valence electrons. The zero-order valence-electron chi connectivity index (χ0n) is 11.3. The molecule has 5 nitrogen and oxygen atoms in total. The van der Waals surface area contributed by atoms with E-state index in [4.69, 9.17) is 10.5 Å². The summed E-state index contributed by atoms with van der Waals surface area (Å²) in [5.41, 5.74) is 5.93. The van der Waals surface area contributed by atoms with Gasteiger partial charge in [-0.2, -0.15) is 0 Å². The van der Waals surface area contributed by atoms with Gasteiger partial charge in [-0.1, -0.05) is 0 Å². The first-order valence-corrected chi connectivity index (χ1v) is 6.14. The number of anilines is 2. The summed E-state index contributed by atoms with van der Waals surface area (Å²) in [6, 6.07) is 4.10. The van der Waals surface area contributed by atoms with Crippen LogP contribution in [0.25, 0.3) is 0 Å². The molecule has 0 aliphatic heterocycles. The number of halogens is 1. The van der Waals surface area contributed by atoms with Crippen molar-refractivity contribution in [1.82, 2.24) is 4.90 Å². The van der Waals surface area contributed by atoms with Crippen LogP contribution in [0.15, 0.2) is 18.2 Å². The summed E-state index contributed by atoms with van der Waals surface area (Å²) in [6.45, 7) is 4.08. The summed E-state index contributed by atoms with van der Waals surface area (Å²) in [5, 5.41) is 2.66. The Morgan fingerprint density at radius 2 is 2.26 bits per heavy atom. The van der Waals surface area contributed by atoms with E-state index in [9.17, 15) is 9.18 Å². The second kappa shape index (κ2) is 7.70. The molecule has 19 heavy (non-hydrogen) atoms. The first-order valence-electron chi connectivity index (χ1n) is 6.14. The molecule has 0 spiro atoms. The minimum atomic E-state index is -0.494. The molecule has 1 aromatic carbocycles. The standard InChI is InChI=1S/C13H20FN3O2/c1-3-19-7-6-17(2)9-13(18)16-10-4-5-11(14)12(15)8-10/h4-5,8H,3,6-7,9,15H2,1-2H3,(H,16,18). The average Bonchev–Trinajstić information content (AvgIpc) is 2.34. The van der Waals surface area contributed by atoms with Gasteiger partial charge in [-0.25, -0.2) is 4.39 Å². The van der Waals surface area contributed by atoms with E-state index in [1.165, 1.54) is 18.2 Å². The van der Waals surface area contributed by atoms with E-state index in [-0.39, 0.29) is 18.1 Å². The summed E-state index contributed by atoms with van der Waals surface area (Å²) in [7, 11) is 1.83. The lowest BCUT2D eigenvalue weighted by Gasteiger charge is -2.16. The van der Waals surface area contributed by atoms with Gasteiger partial charge in [0.05, 0.1) is 18.8 Å². The largest absolute Gasteiger partial charge is 0.396 e. The lowest BCUT2D eigenvalue weighted by Crippen LogP contribution is -2.32. The molecule has 0 aromatic heterocycles. The molecule has 0 heterocycles. The van der Waals surface area contributed by atoms with Gasteiger partial charge in [0, 0.05) is 18.8 Å². The third-order valence-electron chi connectivity index (χ3n) is 2.51. The number of hydrogen-bond donors (Lipinski definition) is 2. The smallest absolute Gasteiger partial charge is 0.238 e. The van der Waals surface area contributed by atoms with Crippen molar-refractivity contribution in [3.63, 3.8) is 0 Å². The van der Waals surface area contributed by atoms with Crippen LogP contribution in [0.4, 0.5) is 15.8 Å². The van der Waals surface area contributed by atoms with Gasteiger partial charge in [0.25, 0.3) is 0 Å². The van der Waals surface area contributed by atoms with Crippen molar-refractivity contribution in [2.45, 2.75) is 6.92 Å². The Labute approximate surface area is 112 Å². The van der Waals surface area contributed by atoms with Crippen LogP contribution >= 0.6 is 0 Å². The van der Waals surface area contributed by atoms with Crippen molar-refractivity contribution in [2.24, 2.45) is 0 Å². The average molecular weight is 269 g/mol. The molecule has 0 bridgehead atoms. The lowest BCUT2D eigenvalue weighted by molar-refractivity contribution is -0.117. The van der Waals surface area contributed by atoms with Crippen LogP contribution in [0.5, 0.6) is 0 Å². The maximum absolute atomic E-state index is 13.0. The van der Waals surface area contributed by atoms with Gasteiger partial charge in [-0.15, -0.1) is 0 Å². The Bertz CT molecular complexity index is 426. The fourth-order valence-electron chi connectivity index (χ4n) is 1.51. The summed E-state index contributed by atoms with van der Waals surface area (Å²) < 4.78 is 18.2. The predicted molar refractivity (Wildman–Crippen MR) is 73.4 cm³/mol. The van der Waals surface area contributed by atoms with Crippen molar-refractivity contribution >= 4 is 17.3 Å². The summed E-state index contributed by atoms with van der Waals surface area (Å²) in [6.07, 6.45) is 0. The Kier molecular flexibility index (Phi) is 6.24. The van der Waals surface area contributed by atoms with Crippen LogP contribution in [0, 0.1) is 5.82 Å². The molecule has 0 saturated heterocycles. The Hall–Kier alpha value is -1.66. The molecule has 0 radical (unpaired) electrons. The van der Waals surface area contributed by atoms with Crippen LogP contribution in [0.3, 0.4) is 0 Å². The van der Waals surface area contributed by atoms with E-state index in [2.05, 4.69) is 5.32 Å². The number of ether oxygens (including phenoxy) is 1. The van der Waals surface area contributed by atoms with E-state index in [1.54, 1.807) is 0 Å². The normalized spacial score (nSPS) is 10.7. The number of hydrogen-bond acceptors (Lipinski definition) is 4. The molecule has 3 N–H and O–H groups in total. The highest BCUT2D eigenvalue weighted by molar-refractivity contribution is 5.92. The van der Waals surface area contributed by atoms with Crippen molar-refractivity contribution in [1.29, 1.82) is 0 Å². The van der Waals surface area contributed by atoms with Crippen LogP contribution in [0.1, 0.15) is 6.92 Å². The van der Waals surface area contributed by atoms with E-state index in [0.29, 0.717) is 25.4 Å². The highest BCUT2D eigenvalue weighted by Crippen LogP contribution is 2.16. The van der Waals surface area contributed by atoms with Crippen LogP contribution in [-0.4, -0.2) is 44.2 Å².